The maximum atomic E-state index is 13.4. The monoisotopic (exact) mass is 379 g/mol. The summed E-state index contributed by atoms with van der Waals surface area (Å²) in [5, 5.41) is 0. The molecule has 1 saturated heterocycles. The van der Waals surface area contributed by atoms with E-state index in [1.165, 1.54) is 12.1 Å². The summed E-state index contributed by atoms with van der Waals surface area (Å²) in [6.45, 7) is 3.17. The van der Waals surface area contributed by atoms with E-state index in [1.807, 2.05) is 30.8 Å². The standard InChI is InChI=1S/C21H22FN5O/c1-14-12-18(20-23-8-11-26(20)2)25-19(24-14)15-6-9-27(10-7-15)21(28)16-4-3-5-17(22)13-16/h3-5,8,11-13,15H,6-7,9-10H2,1-2H3. The number of aryl methyl sites for hydroxylation is 2. The highest BCUT2D eigenvalue weighted by Gasteiger charge is 2.27. The lowest BCUT2D eigenvalue weighted by Crippen LogP contribution is -2.38. The second kappa shape index (κ2) is 7.50. The molecule has 1 aliphatic heterocycles. The van der Waals surface area contributed by atoms with E-state index < -0.39 is 5.82 Å². The zero-order valence-corrected chi connectivity index (χ0v) is 16.0. The van der Waals surface area contributed by atoms with Gasteiger partial charge in [-0.25, -0.2) is 19.3 Å². The third-order valence-corrected chi connectivity index (χ3v) is 5.14. The first-order valence-corrected chi connectivity index (χ1v) is 9.39. The molecule has 144 valence electrons. The number of carbonyl (C=O) groups excluding carboxylic acids is 1. The van der Waals surface area contributed by atoms with E-state index in [1.54, 1.807) is 23.2 Å². The summed E-state index contributed by atoms with van der Waals surface area (Å²) >= 11 is 0. The molecule has 0 bridgehead atoms. The molecule has 0 unspecified atom stereocenters. The number of rotatable bonds is 3. The second-order valence-corrected chi connectivity index (χ2v) is 7.19. The summed E-state index contributed by atoms with van der Waals surface area (Å²) in [6, 6.07) is 7.79. The number of halogens is 1. The van der Waals surface area contributed by atoms with Crippen LogP contribution in [0.15, 0.2) is 42.7 Å². The van der Waals surface area contributed by atoms with Gasteiger partial charge in [0, 0.05) is 49.7 Å². The molecule has 0 N–H and O–H groups in total. The smallest absolute Gasteiger partial charge is 0.253 e. The molecule has 0 aliphatic carbocycles. The van der Waals surface area contributed by atoms with Crippen LogP contribution < -0.4 is 0 Å². The van der Waals surface area contributed by atoms with Gasteiger partial charge in [-0.2, -0.15) is 0 Å². The van der Waals surface area contributed by atoms with Crippen molar-refractivity contribution in [2.24, 2.45) is 7.05 Å². The van der Waals surface area contributed by atoms with E-state index in [0.717, 1.165) is 35.9 Å². The molecule has 28 heavy (non-hydrogen) atoms. The molecule has 1 amide bonds. The van der Waals surface area contributed by atoms with Gasteiger partial charge in [-0.1, -0.05) is 6.07 Å². The summed E-state index contributed by atoms with van der Waals surface area (Å²) in [5.41, 5.74) is 2.11. The van der Waals surface area contributed by atoms with E-state index in [4.69, 9.17) is 4.98 Å². The molecule has 0 spiro atoms. The van der Waals surface area contributed by atoms with Crippen molar-refractivity contribution in [3.8, 4) is 11.5 Å². The number of carbonyl (C=O) groups is 1. The van der Waals surface area contributed by atoms with Gasteiger partial charge in [-0.3, -0.25) is 4.79 Å². The molecular formula is C21H22FN5O. The van der Waals surface area contributed by atoms with Gasteiger partial charge in [-0.05, 0) is 44.0 Å². The fraction of sp³-hybridized carbons (Fsp3) is 0.333. The van der Waals surface area contributed by atoms with Crippen molar-refractivity contribution in [2.75, 3.05) is 13.1 Å². The molecule has 1 aliphatic rings. The van der Waals surface area contributed by atoms with Gasteiger partial charge in [0.05, 0.1) is 0 Å². The van der Waals surface area contributed by atoms with Gasteiger partial charge in [0.25, 0.3) is 5.91 Å². The number of amides is 1. The van der Waals surface area contributed by atoms with Gasteiger partial charge in [-0.15, -0.1) is 0 Å². The van der Waals surface area contributed by atoms with Crippen molar-refractivity contribution in [3.05, 3.63) is 65.6 Å². The maximum Gasteiger partial charge on any atom is 0.253 e. The predicted molar refractivity (Wildman–Crippen MR) is 103 cm³/mol. The van der Waals surface area contributed by atoms with Gasteiger partial charge in [0.1, 0.15) is 17.3 Å². The lowest BCUT2D eigenvalue weighted by atomic mass is 9.95. The van der Waals surface area contributed by atoms with Crippen molar-refractivity contribution >= 4 is 5.91 Å². The lowest BCUT2D eigenvalue weighted by molar-refractivity contribution is 0.0710. The normalized spacial score (nSPS) is 15.0. The molecule has 6 nitrogen and oxygen atoms in total. The third kappa shape index (κ3) is 3.65. The highest BCUT2D eigenvalue weighted by molar-refractivity contribution is 5.94. The number of aromatic nitrogens is 4. The van der Waals surface area contributed by atoms with Crippen molar-refractivity contribution in [2.45, 2.75) is 25.7 Å². The van der Waals surface area contributed by atoms with Crippen LogP contribution in [-0.2, 0) is 7.05 Å². The number of piperidine rings is 1. The molecule has 2 aromatic heterocycles. The van der Waals surface area contributed by atoms with Crippen LogP contribution >= 0.6 is 0 Å². The highest BCUT2D eigenvalue weighted by Crippen LogP contribution is 2.28. The van der Waals surface area contributed by atoms with Crippen molar-refractivity contribution in [3.63, 3.8) is 0 Å². The molecule has 4 rings (SSSR count). The predicted octanol–water partition coefficient (Wildman–Crippen LogP) is 3.34. The molecule has 7 heteroatoms. The van der Waals surface area contributed by atoms with E-state index in [2.05, 4.69) is 9.97 Å². The Morgan fingerprint density at radius 1 is 1.18 bits per heavy atom. The first-order valence-electron chi connectivity index (χ1n) is 9.39. The Hall–Kier alpha value is -3.09. The highest BCUT2D eigenvalue weighted by atomic mass is 19.1. The summed E-state index contributed by atoms with van der Waals surface area (Å²) in [7, 11) is 1.94. The molecule has 3 heterocycles. The van der Waals surface area contributed by atoms with E-state index >= 15 is 0 Å². The molecule has 3 aromatic rings. The zero-order valence-electron chi connectivity index (χ0n) is 16.0. The molecule has 0 saturated carbocycles. The fourth-order valence-electron chi connectivity index (χ4n) is 3.65. The topological polar surface area (TPSA) is 63.9 Å². The second-order valence-electron chi connectivity index (χ2n) is 7.19. The largest absolute Gasteiger partial charge is 0.339 e. The maximum absolute atomic E-state index is 13.4. The Balaban J connectivity index is 1.49. The third-order valence-electron chi connectivity index (χ3n) is 5.14. The SMILES string of the molecule is Cc1cc(-c2nccn2C)nc(C2CCN(C(=O)c3cccc(F)c3)CC2)n1. The molecule has 1 fully saturated rings. The summed E-state index contributed by atoms with van der Waals surface area (Å²) in [6.07, 6.45) is 5.21. The molecule has 0 radical (unpaired) electrons. The minimum Gasteiger partial charge on any atom is -0.339 e. The van der Waals surface area contributed by atoms with Crippen LogP contribution in [0, 0.1) is 12.7 Å². The van der Waals surface area contributed by atoms with Crippen LogP contribution in [0.25, 0.3) is 11.5 Å². The van der Waals surface area contributed by atoms with Gasteiger partial charge < -0.3 is 9.47 Å². The Kier molecular flexibility index (Phi) is 4.90. The number of imidazole rings is 1. The quantitative estimate of drug-likeness (QED) is 0.700. The first-order chi connectivity index (χ1) is 13.5. The van der Waals surface area contributed by atoms with Crippen LogP contribution in [0.2, 0.25) is 0 Å². The lowest BCUT2D eigenvalue weighted by Gasteiger charge is -2.31. The number of hydrogen-bond acceptors (Lipinski definition) is 4. The van der Waals surface area contributed by atoms with Crippen LogP contribution in [0.1, 0.15) is 40.6 Å². The van der Waals surface area contributed by atoms with Crippen LogP contribution in [0.4, 0.5) is 4.39 Å². The molecule has 0 atom stereocenters. The number of nitrogens with zero attached hydrogens (tertiary/aromatic N) is 5. The average molecular weight is 379 g/mol. The van der Waals surface area contributed by atoms with Crippen LogP contribution in [0.5, 0.6) is 0 Å². The first kappa shape index (κ1) is 18.3. The summed E-state index contributed by atoms with van der Waals surface area (Å²) in [5.74, 6) is 1.28. The van der Waals surface area contributed by atoms with Gasteiger partial charge in [0.2, 0.25) is 0 Å². The Bertz CT molecular complexity index is 1010. The van der Waals surface area contributed by atoms with Gasteiger partial charge >= 0.3 is 0 Å². The number of benzene rings is 1. The van der Waals surface area contributed by atoms with Crippen LogP contribution in [0.3, 0.4) is 0 Å². The van der Waals surface area contributed by atoms with Crippen molar-refractivity contribution < 1.29 is 9.18 Å². The average Bonchev–Trinajstić information content (AvgIpc) is 3.13. The summed E-state index contributed by atoms with van der Waals surface area (Å²) < 4.78 is 15.3. The number of likely N-dealkylation sites (tertiary alicyclic amines) is 1. The molecular weight excluding hydrogens is 357 g/mol. The Labute approximate surface area is 163 Å². The minimum absolute atomic E-state index is 0.128. The summed E-state index contributed by atoms with van der Waals surface area (Å²) in [4.78, 5) is 28.2. The zero-order chi connectivity index (χ0) is 19.7. The Morgan fingerprint density at radius 3 is 2.64 bits per heavy atom. The number of hydrogen-bond donors (Lipinski definition) is 0. The van der Waals surface area contributed by atoms with Crippen LogP contribution in [-0.4, -0.2) is 43.4 Å². The van der Waals surface area contributed by atoms with Crippen molar-refractivity contribution in [1.29, 1.82) is 0 Å². The van der Waals surface area contributed by atoms with E-state index in [-0.39, 0.29) is 11.8 Å². The van der Waals surface area contributed by atoms with E-state index in [9.17, 15) is 9.18 Å². The minimum atomic E-state index is -0.393. The fourth-order valence-corrected chi connectivity index (χ4v) is 3.65. The van der Waals surface area contributed by atoms with Gasteiger partial charge in [0.15, 0.2) is 5.82 Å². The van der Waals surface area contributed by atoms with Crippen molar-refractivity contribution in [1.82, 2.24) is 24.4 Å². The van der Waals surface area contributed by atoms with E-state index in [0.29, 0.717) is 18.7 Å². The Morgan fingerprint density at radius 2 is 1.96 bits per heavy atom. The molecule has 1 aromatic carbocycles.